The maximum Gasteiger partial charge on any atom is 0.244 e. The third-order valence-electron chi connectivity index (χ3n) is 5.44. The van der Waals surface area contributed by atoms with Crippen molar-refractivity contribution in [1.29, 1.82) is 0 Å². The molecule has 142 valence electrons. The maximum atomic E-state index is 13.5. The summed E-state index contributed by atoms with van der Waals surface area (Å²) in [5.41, 5.74) is 0.464. The second kappa shape index (κ2) is 6.78. The van der Waals surface area contributed by atoms with Crippen LogP contribution in [0.4, 0.5) is 5.69 Å². The standard InChI is InChI=1S/C21H23NO5/c1-2-3-6-9-22-16-8-5-4-7-14(16)21(12-23,20(22)25)15-10-18-19(11-17(15)24)27-13-26-18/h4-5,7-8,10-11,23-24H,2-3,6,9,12-13H2,1H3. The van der Waals surface area contributed by atoms with Crippen LogP contribution in [-0.2, 0) is 10.2 Å². The zero-order chi connectivity index (χ0) is 19.0. The van der Waals surface area contributed by atoms with E-state index in [1.54, 1.807) is 11.0 Å². The van der Waals surface area contributed by atoms with E-state index in [4.69, 9.17) is 9.47 Å². The molecule has 0 spiro atoms. The van der Waals surface area contributed by atoms with Crippen molar-refractivity contribution in [3.63, 3.8) is 0 Å². The number of para-hydroxylation sites is 1. The van der Waals surface area contributed by atoms with Gasteiger partial charge in [-0.25, -0.2) is 0 Å². The largest absolute Gasteiger partial charge is 0.507 e. The van der Waals surface area contributed by atoms with Crippen molar-refractivity contribution < 1.29 is 24.5 Å². The number of aliphatic hydroxyl groups is 1. The second-order valence-electron chi connectivity index (χ2n) is 6.97. The van der Waals surface area contributed by atoms with Crippen molar-refractivity contribution in [3.05, 3.63) is 47.5 Å². The van der Waals surface area contributed by atoms with Crippen molar-refractivity contribution in [2.45, 2.75) is 31.6 Å². The minimum absolute atomic E-state index is 0.0675. The maximum absolute atomic E-state index is 13.5. The van der Waals surface area contributed by atoms with Gasteiger partial charge < -0.3 is 24.6 Å². The van der Waals surface area contributed by atoms with E-state index in [0.717, 1.165) is 24.9 Å². The van der Waals surface area contributed by atoms with Gasteiger partial charge in [0.25, 0.3) is 0 Å². The van der Waals surface area contributed by atoms with Crippen molar-refractivity contribution >= 4 is 11.6 Å². The molecule has 6 heteroatoms. The zero-order valence-corrected chi connectivity index (χ0v) is 15.3. The first kappa shape index (κ1) is 17.7. The first-order valence-corrected chi connectivity index (χ1v) is 9.29. The van der Waals surface area contributed by atoms with Gasteiger partial charge in [-0.3, -0.25) is 4.79 Å². The van der Waals surface area contributed by atoms with Gasteiger partial charge in [-0.05, 0) is 24.1 Å². The fourth-order valence-corrected chi connectivity index (χ4v) is 4.04. The molecule has 2 aliphatic heterocycles. The number of carbonyl (C=O) groups is 1. The molecule has 1 unspecified atom stereocenters. The van der Waals surface area contributed by atoms with E-state index in [2.05, 4.69) is 6.92 Å². The Kier molecular flexibility index (Phi) is 4.44. The van der Waals surface area contributed by atoms with E-state index in [1.165, 1.54) is 6.07 Å². The van der Waals surface area contributed by atoms with Crippen LogP contribution in [0.3, 0.4) is 0 Å². The number of benzene rings is 2. The van der Waals surface area contributed by atoms with Crippen LogP contribution in [0, 0.1) is 0 Å². The highest BCUT2D eigenvalue weighted by Crippen LogP contribution is 2.51. The summed E-state index contributed by atoms with van der Waals surface area (Å²) in [6, 6.07) is 10.5. The van der Waals surface area contributed by atoms with Crippen LogP contribution in [0.25, 0.3) is 0 Å². The lowest BCUT2D eigenvalue weighted by Gasteiger charge is -2.28. The minimum atomic E-state index is -1.35. The molecule has 6 nitrogen and oxygen atoms in total. The summed E-state index contributed by atoms with van der Waals surface area (Å²) in [5.74, 6) is 0.580. The van der Waals surface area contributed by atoms with Gasteiger partial charge in [0.2, 0.25) is 12.7 Å². The van der Waals surface area contributed by atoms with Crippen molar-refractivity contribution in [2.24, 2.45) is 0 Å². The smallest absolute Gasteiger partial charge is 0.244 e. The Labute approximate surface area is 157 Å². The number of aromatic hydroxyl groups is 1. The lowest BCUT2D eigenvalue weighted by molar-refractivity contribution is -0.123. The van der Waals surface area contributed by atoms with E-state index in [-0.39, 0.29) is 18.4 Å². The molecule has 0 bridgehead atoms. The van der Waals surface area contributed by atoms with E-state index >= 15 is 0 Å². The normalized spacial score (nSPS) is 20.2. The quantitative estimate of drug-likeness (QED) is 0.766. The summed E-state index contributed by atoms with van der Waals surface area (Å²) in [6.07, 6.45) is 2.95. The first-order valence-electron chi connectivity index (χ1n) is 9.29. The molecule has 0 aromatic heterocycles. The number of anilines is 1. The Morgan fingerprint density at radius 2 is 1.85 bits per heavy atom. The average Bonchev–Trinajstić information content (AvgIpc) is 3.22. The predicted molar refractivity (Wildman–Crippen MR) is 100 cm³/mol. The number of hydrogen-bond acceptors (Lipinski definition) is 5. The third-order valence-corrected chi connectivity index (χ3v) is 5.44. The number of hydrogen-bond donors (Lipinski definition) is 2. The number of fused-ring (bicyclic) bond motifs is 2. The Morgan fingerprint density at radius 1 is 1.11 bits per heavy atom. The molecule has 0 radical (unpaired) electrons. The molecule has 2 aromatic carbocycles. The fraction of sp³-hybridized carbons (Fsp3) is 0.381. The van der Waals surface area contributed by atoms with Gasteiger partial charge in [0.1, 0.15) is 11.2 Å². The van der Waals surface area contributed by atoms with Gasteiger partial charge in [-0.2, -0.15) is 0 Å². The predicted octanol–water partition coefficient (Wildman–Crippen LogP) is 2.94. The molecule has 2 aliphatic rings. The molecule has 1 amide bonds. The molecular weight excluding hydrogens is 346 g/mol. The van der Waals surface area contributed by atoms with Crippen LogP contribution in [0.2, 0.25) is 0 Å². The molecule has 1 atom stereocenters. The molecule has 27 heavy (non-hydrogen) atoms. The van der Waals surface area contributed by atoms with Gasteiger partial charge in [0, 0.05) is 23.9 Å². The highest BCUT2D eigenvalue weighted by atomic mass is 16.7. The lowest BCUT2D eigenvalue weighted by atomic mass is 9.75. The second-order valence-corrected chi connectivity index (χ2v) is 6.97. The van der Waals surface area contributed by atoms with E-state index < -0.39 is 12.0 Å². The summed E-state index contributed by atoms with van der Waals surface area (Å²) >= 11 is 0. The number of unbranched alkanes of at least 4 members (excludes halogenated alkanes) is 2. The van der Waals surface area contributed by atoms with E-state index in [9.17, 15) is 15.0 Å². The van der Waals surface area contributed by atoms with Gasteiger partial charge in [0.15, 0.2) is 11.5 Å². The molecular formula is C21H23NO5. The summed E-state index contributed by atoms with van der Waals surface area (Å²) in [6.45, 7) is 2.32. The number of phenols is 1. The molecule has 0 aliphatic carbocycles. The first-order chi connectivity index (χ1) is 13.1. The highest BCUT2D eigenvalue weighted by Gasteiger charge is 2.53. The summed E-state index contributed by atoms with van der Waals surface area (Å²) in [5, 5.41) is 21.1. The van der Waals surface area contributed by atoms with Crippen LogP contribution in [0.15, 0.2) is 36.4 Å². The van der Waals surface area contributed by atoms with Crippen molar-refractivity contribution in [2.75, 3.05) is 24.8 Å². The van der Waals surface area contributed by atoms with Crippen molar-refractivity contribution in [1.82, 2.24) is 0 Å². The zero-order valence-electron chi connectivity index (χ0n) is 15.3. The van der Waals surface area contributed by atoms with Crippen LogP contribution in [0.1, 0.15) is 37.3 Å². The molecule has 2 heterocycles. The molecule has 0 saturated heterocycles. The highest BCUT2D eigenvalue weighted by molar-refractivity contribution is 6.11. The SMILES string of the molecule is CCCCCN1C(=O)C(CO)(c2cc3c(cc2O)OCO3)c2ccccc21. The Morgan fingerprint density at radius 3 is 2.59 bits per heavy atom. The monoisotopic (exact) mass is 369 g/mol. The Hall–Kier alpha value is -2.73. The van der Waals surface area contributed by atoms with Crippen LogP contribution >= 0.6 is 0 Å². The number of nitrogens with zero attached hydrogens (tertiary/aromatic N) is 1. The number of amides is 1. The number of aliphatic hydroxyl groups excluding tert-OH is 1. The Balaban J connectivity index is 1.86. The van der Waals surface area contributed by atoms with Crippen LogP contribution in [-0.4, -0.2) is 36.1 Å². The summed E-state index contributed by atoms with van der Waals surface area (Å²) < 4.78 is 10.7. The Bertz CT molecular complexity index is 881. The number of rotatable bonds is 6. The number of phenolic OH excluding ortho intramolecular Hbond substituents is 1. The van der Waals surface area contributed by atoms with E-state index in [1.807, 2.05) is 24.3 Å². The average molecular weight is 369 g/mol. The number of carbonyl (C=O) groups excluding carboxylic acids is 1. The lowest BCUT2D eigenvalue weighted by Crippen LogP contribution is -2.44. The van der Waals surface area contributed by atoms with Crippen LogP contribution in [0.5, 0.6) is 17.2 Å². The fourth-order valence-electron chi connectivity index (χ4n) is 4.04. The molecule has 0 saturated carbocycles. The minimum Gasteiger partial charge on any atom is -0.507 e. The van der Waals surface area contributed by atoms with E-state index in [0.29, 0.717) is 29.2 Å². The number of ether oxygens (including phenoxy) is 2. The summed E-state index contributed by atoms with van der Waals surface area (Å²) in [7, 11) is 0. The summed E-state index contributed by atoms with van der Waals surface area (Å²) in [4.78, 5) is 15.3. The molecule has 2 N–H and O–H groups in total. The molecule has 0 fully saturated rings. The molecule has 2 aromatic rings. The van der Waals surface area contributed by atoms with Gasteiger partial charge in [-0.15, -0.1) is 0 Å². The van der Waals surface area contributed by atoms with Crippen LogP contribution < -0.4 is 14.4 Å². The molecule has 4 rings (SSSR count). The topological polar surface area (TPSA) is 79.2 Å². The third kappa shape index (κ3) is 2.55. The van der Waals surface area contributed by atoms with Crippen molar-refractivity contribution in [3.8, 4) is 17.2 Å². The van der Waals surface area contributed by atoms with Gasteiger partial charge in [-0.1, -0.05) is 38.0 Å². The van der Waals surface area contributed by atoms with Gasteiger partial charge >= 0.3 is 0 Å². The van der Waals surface area contributed by atoms with Gasteiger partial charge in [0.05, 0.1) is 6.61 Å².